The Bertz CT molecular complexity index is 153. The predicted molar refractivity (Wildman–Crippen MR) is 37.9 cm³/mol. The summed E-state index contributed by atoms with van der Waals surface area (Å²) in [6, 6.07) is 0. The monoisotopic (exact) mass is 160 g/mol. The van der Waals surface area contributed by atoms with Gasteiger partial charge in [-0.2, -0.15) is 0 Å². The van der Waals surface area contributed by atoms with Crippen LogP contribution in [0, 0.1) is 0 Å². The van der Waals surface area contributed by atoms with Crippen LogP contribution in [-0.2, 0) is 14.3 Å². The van der Waals surface area contributed by atoms with Gasteiger partial charge in [-0.1, -0.05) is 0 Å². The van der Waals surface area contributed by atoms with Crippen LogP contribution in [0.2, 0.25) is 0 Å². The zero-order valence-corrected chi connectivity index (χ0v) is 6.66. The van der Waals surface area contributed by atoms with Gasteiger partial charge in [-0.3, -0.25) is 9.59 Å². The number of ketones is 1. The number of carbonyl (C=O) groups is 2. The van der Waals surface area contributed by atoms with Crippen molar-refractivity contribution in [3.05, 3.63) is 0 Å². The molecule has 0 aliphatic rings. The summed E-state index contributed by atoms with van der Waals surface area (Å²) in [7, 11) is 1.24. The quantitative estimate of drug-likeness (QED) is 0.583. The van der Waals surface area contributed by atoms with Crippen molar-refractivity contribution in [2.24, 2.45) is 0 Å². The zero-order chi connectivity index (χ0) is 8.85. The van der Waals surface area contributed by atoms with Crippen LogP contribution >= 0.6 is 0 Å². The molecule has 0 saturated carbocycles. The molecular formula is C7H12O4. The van der Waals surface area contributed by atoms with Gasteiger partial charge in [0.25, 0.3) is 0 Å². The molecule has 0 amide bonds. The maximum atomic E-state index is 10.5. The lowest BCUT2D eigenvalue weighted by Gasteiger charge is -2.05. The Labute approximate surface area is 65.2 Å². The minimum absolute atomic E-state index is 0.00903. The Morgan fingerprint density at radius 1 is 1.45 bits per heavy atom. The van der Waals surface area contributed by atoms with E-state index in [1.165, 1.54) is 14.0 Å². The van der Waals surface area contributed by atoms with Gasteiger partial charge in [0.1, 0.15) is 5.78 Å². The lowest BCUT2D eigenvalue weighted by atomic mass is 10.1. The number of hydrogen-bond acceptors (Lipinski definition) is 4. The van der Waals surface area contributed by atoms with E-state index in [1.54, 1.807) is 0 Å². The van der Waals surface area contributed by atoms with Crippen LogP contribution in [0.4, 0.5) is 0 Å². The molecule has 0 spiro atoms. The molecule has 0 unspecified atom stereocenters. The summed E-state index contributed by atoms with van der Waals surface area (Å²) in [5.74, 6) is -0.639. The molecule has 0 fully saturated rings. The number of Topliss-reactive ketones (excluding diaryl/α,β-unsaturated/α-hetero) is 1. The Morgan fingerprint density at radius 2 is 2.00 bits per heavy atom. The highest BCUT2D eigenvalue weighted by Gasteiger charge is 2.12. The van der Waals surface area contributed by atoms with Crippen LogP contribution < -0.4 is 0 Å². The molecule has 11 heavy (non-hydrogen) atoms. The van der Waals surface area contributed by atoms with Crippen LogP contribution in [0.5, 0.6) is 0 Å². The molecule has 4 heteroatoms. The first-order chi connectivity index (χ1) is 5.06. The molecule has 0 saturated heterocycles. The van der Waals surface area contributed by atoms with Crippen LogP contribution in [0.1, 0.15) is 19.8 Å². The highest BCUT2D eigenvalue weighted by molar-refractivity contribution is 5.77. The molecule has 0 rings (SSSR count). The number of rotatable bonds is 4. The molecule has 64 valence electrons. The molecule has 0 aliphatic carbocycles. The van der Waals surface area contributed by atoms with E-state index in [1.807, 2.05) is 0 Å². The zero-order valence-electron chi connectivity index (χ0n) is 6.66. The van der Waals surface area contributed by atoms with Crippen LogP contribution in [0.25, 0.3) is 0 Å². The minimum atomic E-state index is -0.903. The van der Waals surface area contributed by atoms with E-state index in [4.69, 9.17) is 5.11 Å². The standard InChI is InChI=1S/C7H12O4/c1-5(8)3-6(9)4-7(10)11-2/h6,9H,3-4H2,1-2H3/t6-/m0/s1. The maximum Gasteiger partial charge on any atom is 0.308 e. The summed E-state index contributed by atoms with van der Waals surface area (Å²) in [6.07, 6.45) is -1.01. The topological polar surface area (TPSA) is 63.6 Å². The molecule has 0 aliphatic heterocycles. The Balaban J connectivity index is 3.60. The lowest BCUT2D eigenvalue weighted by molar-refractivity contribution is -0.143. The van der Waals surface area contributed by atoms with Crippen LogP contribution in [-0.4, -0.2) is 30.1 Å². The largest absolute Gasteiger partial charge is 0.469 e. The molecule has 0 heterocycles. The second kappa shape index (κ2) is 4.85. The second-order valence-corrected chi connectivity index (χ2v) is 2.34. The van der Waals surface area contributed by atoms with Crippen LogP contribution in [0.15, 0.2) is 0 Å². The average Bonchev–Trinajstić information content (AvgIpc) is 1.85. The molecule has 1 N–H and O–H groups in total. The van der Waals surface area contributed by atoms with Gasteiger partial charge in [-0.05, 0) is 6.92 Å². The third-order valence-electron chi connectivity index (χ3n) is 1.15. The fraction of sp³-hybridized carbons (Fsp3) is 0.714. The van der Waals surface area contributed by atoms with E-state index < -0.39 is 12.1 Å². The smallest absolute Gasteiger partial charge is 0.308 e. The summed E-state index contributed by atoms with van der Waals surface area (Å²) in [5.41, 5.74) is 0. The summed E-state index contributed by atoms with van der Waals surface area (Å²) < 4.78 is 4.29. The summed E-state index contributed by atoms with van der Waals surface area (Å²) in [5, 5.41) is 9.00. The number of methoxy groups -OCH3 is 1. The van der Waals surface area contributed by atoms with Crippen molar-refractivity contribution in [2.45, 2.75) is 25.9 Å². The average molecular weight is 160 g/mol. The van der Waals surface area contributed by atoms with E-state index in [2.05, 4.69) is 4.74 Å². The van der Waals surface area contributed by atoms with E-state index in [9.17, 15) is 9.59 Å². The predicted octanol–water partition coefficient (Wildman–Crippen LogP) is -0.111. The number of esters is 1. The van der Waals surface area contributed by atoms with Gasteiger partial charge in [0, 0.05) is 6.42 Å². The minimum Gasteiger partial charge on any atom is -0.469 e. The van der Waals surface area contributed by atoms with Crippen molar-refractivity contribution in [2.75, 3.05) is 7.11 Å². The molecule has 0 aromatic rings. The molecule has 0 radical (unpaired) electrons. The van der Waals surface area contributed by atoms with Gasteiger partial charge in [-0.15, -0.1) is 0 Å². The summed E-state index contributed by atoms with van der Waals surface area (Å²) >= 11 is 0. The number of aliphatic hydroxyl groups excluding tert-OH is 1. The number of aliphatic hydroxyl groups is 1. The fourth-order valence-corrected chi connectivity index (χ4v) is 0.680. The molecule has 1 atom stereocenters. The van der Waals surface area contributed by atoms with Gasteiger partial charge in [0.2, 0.25) is 0 Å². The Morgan fingerprint density at radius 3 is 2.36 bits per heavy atom. The lowest BCUT2D eigenvalue weighted by Crippen LogP contribution is -2.17. The number of ether oxygens (including phenoxy) is 1. The first-order valence-electron chi connectivity index (χ1n) is 3.30. The van der Waals surface area contributed by atoms with Crippen LogP contribution in [0.3, 0.4) is 0 Å². The molecule has 0 aromatic heterocycles. The summed E-state index contributed by atoms with van der Waals surface area (Å²) in [4.78, 5) is 20.9. The normalized spacial score (nSPS) is 12.3. The second-order valence-electron chi connectivity index (χ2n) is 2.34. The van der Waals surface area contributed by atoms with Gasteiger partial charge < -0.3 is 9.84 Å². The van der Waals surface area contributed by atoms with Crippen molar-refractivity contribution >= 4 is 11.8 Å². The van der Waals surface area contributed by atoms with Gasteiger partial charge in [0.15, 0.2) is 0 Å². The Hall–Kier alpha value is -0.900. The van der Waals surface area contributed by atoms with Crippen molar-refractivity contribution in [1.29, 1.82) is 0 Å². The van der Waals surface area contributed by atoms with Gasteiger partial charge >= 0.3 is 5.97 Å². The fourth-order valence-electron chi connectivity index (χ4n) is 0.680. The summed E-state index contributed by atoms with van der Waals surface area (Å²) in [6.45, 7) is 1.36. The van der Waals surface area contributed by atoms with Crippen molar-refractivity contribution < 1.29 is 19.4 Å². The highest BCUT2D eigenvalue weighted by Crippen LogP contribution is 1.99. The SMILES string of the molecule is COC(=O)C[C@@H](O)CC(C)=O. The Kier molecular flexibility index (Phi) is 4.45. The van der Waals surface area contributed by atoms with E-state index >= 15 is 0 Å². The van der Waals surface area contributed by atoms with E-state index in [0.29, 0.717) is 0 Å². The molecule has 4 nitrogen and oxygen atoms in total. The third-order valence-corrected chi connectivity index (χ3v) is 1.15. The van der Waals surface area contributed by atoms with Crippen molar-refractivity contribution in [3.63, 3.8) is 0 Å². The van der Waals surface area contributed by atoms with Gasteiger partial charge in [0.05, 0.1) is 19.6 Å². The van der Waals surface area contributed by atoms with E-state index in [-0.39, 0.29) is 18.6 Å². The van der Waals surface area contributed by atoms with Crippen molar-refractivity contribution in [1.82, 2.24) is 0 Å². The molecule has 0 aromatic carbocycles. The number of carbonyl (C=O) groups excluding carboxylic acids is 2. The molecule has 0 bridgehead atoms. The van der Waals surface area contributed by atoms with E-state index in [0.717, 1.165) is 0 Å². The highest BCUT2D eigenvalue weighted by atomic mass is 16.5. The first kappa shape index (κ1) is 10.1. The maximum absolute atomic E-state index is 10.5. The third kappa shape index (κ3) is 5.54. The van der Waals surface area contributed by atoms with Crippen molar-refractivity contribution in [3.8, 4) is 0 Å². The first-order valence-corrected chi connectivity index (χ1v) is 3.30. The molecular weight excluding hydrogens is 148 g/mol. The van der Waals surface area contributed by atoms with Gasteiger partial charge in [-0.25, -0.2) is 0 Å². The number of hydrogen-bond donors (Lipinski definition) is 1.